The molecule has 0 unspecified atom stereocenters. The van der Waals surface area contributed by atoms with Crippen LogP contribution in [0.5, 0.6) is 11.5 Å². The molecular weight excluding hydrogens is 491 g/mol. The monoisotopic (exact) mass is 511 g/mol. The highest BCUT2D eigenvalue weighted by molar-refractivity contribution is 14.1. The highest BCUT2D eigenvalue weighted by Crippen LogP contribution is 2.32. The average molecular weight is 511 g/mol. The van der Waals surface area contributed by atoms with Crippen molar-refractivity contribution < 1.29 is 9.47 Å². The summed E-state index contributed by atoms with van der Waals surface area (Å²) in [5.74, 6) is 1.61. The van der Waals surface area contributed by atoms with Crippen LogP contribution in [0.2, 0.25) is 0 Å². The lowest BCUT2D eigenvalue weighted by atomic mass is 10.3. The van der Waals surface area contributed by atoms with E-state index in [0.717, 1.165) is 15.1 Å². The van der Waals surface area contributed by atoms with Crippen molar-refractivity contribution in [1.82, 2.24) is 0 Å². The summed E-state index contributed by atoms with van der Waals surface area (Å²) in [7, 11) is -0.191. The third-order valence-electron chi connectivity index (χ3n) is 4.25. The summed E-state index contributed by atoms with van der Waals surface area (Å²) in [6, 6.07) is 37.4. The Bertz CT molecular complexity index is 1010. The van der Waals surface area contributed by atoms with Crippen molar-refractivity contribution in [1.29, 1.82) is 0 Å². The van der Waals surface area contributed by atoms with Gasteiger partial charge in [-0.3, -0.25) is 0 Å². The Morgan fingerprint density at radius 2 is 1.07 bits per heavy atom. The molecule has 0 spiro atoms. The van der Waals surface area contributed by atoms with Crippen LogP contribution in [0.4, 0.5) is 0 Å². The van der Waals surface area contributed by atoms with Crippen molar-refractivity contribution in [2.45, 2.75) is 14.7 Å². The molecule has 4 aromatic carbocycles. The molecule has 4 aromatic rings. The first-order chi connectivity index (χ1) is 14.3. The lowest BCUT2D eigenvalue weighted by Gasteiger charge is -2.11. The zero-order chi connectivity index (χ0) is 19.9. The van der Waals surface area contributed by atoms with E-state index in [4.69, 9.17) is 9.47 Å². The number of rotatable bonds is 7. The van der Waals surface area contributed by atoms with Crippen LogP contribution in [-0.2, 0) is 10.9 Å². The maximum absolute atomic E-state index is 5.89. The van der Waals surface area contributed by atoms with Gasteiger partial charge in [0.15, 0.2) is 14.7 Å². The molecule has 0 saturated heterocycles. The summed E-state index contributed by atoms with van der Waals surface area (Å²) in [5.41, 5.74) is 0. The van der Waals surface area contributed by atoms with Gasteiger partial charge in [0.25, 0.3) is 0 Å². The van der Waals surface area contributed by atoms with Crippen molar-refractivity contribution >= 4 is 33.5 Å². The van der Waals surface area contributed by atoms with Crippen LogP contribution < -0.4 is 9.47 Å². The number of ether oxygens (including phenoxy) is 2. The average Bonchev–Trinajstić information content (AvgIpc) is 2.76. The van der Waals surface area contributed by atoms with E-state index in [1.54, 1.807) is 0 Å². The summed E-state index contributed by atoms with van der Waals surface area (Å²) < 4.78 is 12.8. The van der Waals surface area contributed by atoms with Gasteiger partial charge in [-0.25, -0.2) is 0 Å². The second-order valence-corrected chi connectivity index (χ2v) is 9.54. The highest BCUT2D eigenvalue weighted by Gasteiger charge is 2.28. The van der Waals surface area contributed by atoms with E-state index in [0.29, 0.717) is 0 Å². The lowest BCUT2D eigenvalue weighted by molar-refractivity contribution is 0.119. The van der Waals surface area contributed by atoms with E-state index < -0.39 is 0 Å². The highest BCUT2D eigenvalue weighted by atomic mass is 127. The molecule has 0 heterocycles. The van der Waals surface area contributed by atoms with Crippen LogP contribution in [-0.4, -0.2) is 6.79 Å². The van der Waals surface area contributed by atoms with E-state index in [2.05, 4.69) is 95.4 Å². The molecule has 0 N–H and O–H groups in total. The molecule has 2 nitrogen and oxygen atoms in total. The number of halogens is 1. The number of hydrogen-bond donors (Lipinski definition) is 0. The van der Waals surface area contributed by atoms with Crippen molar-refractivity contribution in [2.24, 2.45) is 0 Å². The fourth-order valence-electron chi connectivity index (χ4n) is 2.93. The molecule has 29 heavy (non-hydrogen) atoms. The molecule has 0 aliphatic heterocycles. The maximum atomic E-state index is 5.89. The molecule has 0 aliphatic carbocycles. The Morgan fingerprint density at radius 3 is 1.66 bits per heavy atom. The molecule has 0 atom stereocenters. The van der Waals surface area contributed by atoms with Gasteiger partial charge in [-0.1, -0.05) is 48.5 Å². The second kappa shape index (κ2) is 9.85. The fraction of sp³-hybridized carbons (Fsp3) is 0.0400. The van der Waals surface area contributed by atoms with Gasteiger partial charge in [-0.15, -0.1) is 0 Å². The first-order valence-corrected chi connectivity index (χ1v) is 11.6. The molecule has 0 amide bonds. The molecule has 144 valence electrons. The van der Waals surface area contributed by atoms with Gasteiger partial charge in [-0.2, -0.15) is 0 Å². The molecule has 0 saturated carbocycles. The van der Waals surface area contributed by atoms with Crippen molar-refractivity contribution in [2.75, 3.05) is 6.79 Å². The van der Waals surface area contributed by atoms with Crippen molar-refractivity contribution in [3.8, 4) is 11.5 Å². The Morgan fingerprint density at radius 1 is 0.552 bits per heavy atom. The quantitative estimate of drug-likeness (QED) is 0.154. The Balaban J connectivity index is 1.55. The summed E-state index contributed by atoms with van der Waals surface area (Å²) in [6.07, 6.45) is 0. The topological polar surface area (TPSA) is 18.5 Å². The molecule has 0 aliphatic rings. The molecule has 0 radical (unpaired) electrons. The third kappa shape index (κ3) is 5.34. The minimum Gasteiger partial charge on any atom is -0.457 e. The van der Waals surface area contributed by atoms with Gasteiger partial charge in [0.05, 0.1) is 10.9 Å². The molecule has 4 rings (SSSR count). The molecular formula is C25H20IO2S+. The van der Waals surface area contributed by atoms with Gasteiger partial charge in [0.2, 0.25) is 6.79 Å². The number of benzene rings is 4. The van der Waals surface area contributed by atoms with Gasteiger partial charge in [-0.05, 0) is 77.2 Å². The van der Waals surface area contributed by atoms with E-state index >= 15 is 0 Å². The predicted molar refractivity (Wildman–Crippen MR) is 127 cm³/mol. The van der Waals surface area contributed by atoms with E-state index in [1.807, 2.05) is 36.4 Å². The van der Waals surface area contributed by atoms with Gasteiger partial charge < -0.3 is 9.47 Å². The standard InChI is InChI=1S/C25H20IO2S/c26-20-9-7-10-21(17-20)27-19-28-22-11-8-16-25(18-22)29(23-12-3-1-4-13-23)24-14-5-2-6-15-24/h1-18H,19H2/q+1. The zero-order valence-corrected chi connectivity index (χ0v) is 18.7. The summed E-state index contributed by atoms with van der Waals surface area (Å²) >= 11 is 2.27. The summed E-state index contributed by atoms with van der Waals surface area (Å²) in [5, 5.41) is 0. The van der Waals surface area contributed by atoms with E-state index in [9.17, 15) is 0 Å². The smallest absolute Gasteiger partial charge is 0.230 e. The first kappa shape index (κ1) is 19.9. The molecule has 0 aromatic heterocycles. The largest absolute Gasteiger partial charge is 0.457 e. The van der Waals surface area contributed by atoms with Crippen molar-refractivity contribution in [3.05, 3.63) is 113 Å². The van der Waals surface area contributed by atoms with Crippen LogP contribution in [0.1, 0.15) is 0 Å². The van der Waals surface area contributed by atoms with Crippen LogP contribution in [0.3, 0.4) is 0 Å². The van der Waals surface area contributed by atoms with Gasteiger partial charge in [0.1, 0.15) is 11.5 Å². The summed E-state index contributed by atoms with van der Waals surface area (Å²) in [6.45, 7) is 0.175. The maximum Gasteiger partial charge on any atom is 0.230 e. The Labute approximate surface area is 188 Å². The third-order valence-corrected chi connectivity index (χ3v) is 7.13. The second-order valence-electron chi connectivity index (χ2n) is 6.27. The fourth-order valence-corrected chi connectivity index (χ4v) is 5.57. The van der Waals surface area contributed by atoms with Gasteiger partial charge in [0, 0.05) is 9.64 Å². The van der Waals surface area contributed by atoms with Crippen LogP contribution in [0.25, 0.3) is 0 Å². The van der Waals surface area contributed by atoms with Crippen molar-refractivity contribution in [3.63, 3.8) is 0 Å². The van der Waals surface area contributed by atoms with Crippen LogP contribution >= 0.6 is 22.6 Å². The normalized spacial score (nSPS) is 10.7. The van der Waals surface area contributed by atoms with Crippen LogP contribution in [0, 0.1) is 3.57 Å². The molecule has 0 bridgehead atoms. The Hall–Kier alpha value is -2.44. The Kier molecular flexibility index (Phi) is 6.75. The zero-order valence-electron chi connectivity index (χ0n) is 15.7. The minimum atomic E-state index is -0.191. The van der Waals surface area contributed by atoms with E-state index in [1.165, 1.54) is 14.7 Å². The van der Waals surface area contributed by atoms with E-state index in [-0.39, 0.29) is 17.7 Å². The van der Waals surface area contributed by atoms with Crippen LogP contribution in [0.15, 0.2) is 124 Å². The predicted octanol–water partition coefficient (Wildman–Crippen LogP) is 6.80. The minimum absolute atomic E-state index is 0.175. The lowest BCUT2D eigenvalue weighted by Crippen LogP contribution is -2.07. The number of hydrogen-bond acceptors (Lipinski definition) is 2. The van der Waals surface area contributed by atoms with Gasteiger partial charge >= 0.3 is 0 Å². The SMILES string of the molecule is Ic1cccc(OCOc2cccc([S+](c3ccccc3)c3ccccc3)c2)c1. The molecule has 4 heteroatoms. The first-order valence-electron chi connectivity index (χ1n) is 9.25. The molecule has 0 fully saturated rings. The summed E-state index contributed by atoms with van der Waals surface area (Å²) in [4.78, 5) is 3.78.